The SMILES string of the molecule is O=C(/C=C/c1ccc(F)cc1[N+](=O)[O-])NCC(O)c1ccc(F)cc1. The lowest BCUT2D eigenvalue weighted by molar-refractivity contribution is -0.385. The molecule has 2 aromatic rings. The topological polar surface area (TPSA) is 92.5 Å². The number of nitro benzene ring substituents is 1. The number of amides is 1. The Labute approximate surface area is 141 Å². The van der Waals surface area contributed by atoms with Crippen LogP contribution in [0.25, 0.3) is 6.08 Å². The van der Waals surface area contributed by atoms with Gasteiger partial charge in [-0.25, -0.2) is 8.78 Å². The van der Waals surface area contributed by atoms with Gasteiger partial charge in [0.15, 0.2) is 0 Å². The molecule has 0 saturated heterocycles. The predicted molar refractivity (Wildman–Crippen MR) is 86.5 cm³/mol. The molecular weight excluding hydrogens is 334 g/mol. The van der Waals surface area contributed by atoms with E-state index in [0.29, 0.717) is 5.56 Å². The van der Waals surface area contributed by atoms with E-state index in [1.165, 1.54) is 36.4 Å². The highest BCUT2D eigenvalue weighted by Crippen LogP contribution is 2.21. The van der Waals surface area contributed by atoms with Crippen molar-refractivity contribution in [3.05, 3.63) is 81.4 Å². The van der Waals surface area contributed by atoms with Crippen LogP contribution in [0.2, 0.25) is 0 Å². The molecule has 6 nitrogen and oxygen atoms in total. The molecule has 1 amide bonds. The van der Waals surface area contributed by atoms with E-state index >= 15 is 0 Å². The van der Waals surface area contributed by atoms with E-state index in [1.54, 1.807) is 0 Å². The van der Waals surface area contributed by atoms with Crippen molar-refractivity contribution >= 4 is 17.7 Å². The minimum atomic E-state index is -1.03. The van der Waals surface area contributed by atoms with Crippen molar-refractivity contribution in [2.45, 2.75) is 6.10 Å². The zero-order valence-corrected chi connectivity index (χ0v) is 12.9. The van der Waals surface area contributed by atoms with Crippen LogP contribution < -0.4 is 5.32 Å². The Morgan fingerprint density at radius 1 is 1.20 bits per heavy atom. The maximum absolute atomic E-state index is 13.0. The van der Waals surface area contributed by atoms with Gasteiger partial charge in [0.05, 0.1) is 22.7 Å². The molecule has 0 aliphatic heterocycles. The van der Waals surface area contributed by atoms with E-state index in [1.807, 2.05) is 0 Å². The summed E-state index contributed by atoms with van der Waals surface area (Å²) in [6, 6.07) is 8.15. The Hall–Kier alpha value is -3.13. The fourth-order valence-electron chi connectivity index (χ4n) is 2.04. The summed E-state index contributed by atoms with van der Waals surface area (Å²) in [5.74, 6) is -1.79. The molecule has 8 heteroatoms. The summed E-state index contributed by atoms with van der Waals surface area (Å²) in [7, 11) is 0. The van der Waals surface area contributed by atoms with Crippen molar-refractivity contribution in [2.24, 2.45) is 0 Å². The van der Waals surface area contributed by atoms with Crippen molar-refractivity contribution in [3.63, 3.8) is 0 Å². The van der Waals surface area contributed by atoms with Gasteiger partial charge in [0.1, 0.15) is 11.6 Å². The maximum Gasteiger partial charge on any atom is 0.279 e. The summed E-state index contributed by atoms with van der Waals surface area (Å²) in [6.07, 6.45) is 1.19. The number of nitro groups is 1. The zero-order valence-electron chi connectivity index (χ0n) is 12.9. The number of hydrogen-bond donors (Lipinski definition) is 2. The lowest BCUT2D eigenvalue weighted by Gasteiger charge is -2.11. The molecule has 2 N–H and O–H groups in total. The van der Waals surface area contributed by atoms with E-state index in [2.05, 4.69) is 5.32 Å². The van der Waals surface area contributed by atoms with Crippen LogP contribution in [0.4, 0.5) is 14.5 Å². The number of nitrogens with zero attached hydrogens (tertiary/aromatic N) is 1. The average Bonchev–Trinajstić information content (AvgIpc) is 2.59. The molecule has 0 fully saturated rings. The highest BCUT2D eigenvalue weighted by molar-refractivity contribution is 5.92. The number of carbonyl (C=O) groups excluding carboxylic acids is 1. The highest BCUT2D eigenvalue weighted by atomic mass is 19.1. The standard InChI is InChI=1S/C17H14F2N2O4/c18-13-5-2-12(3-6-13)16(22)10-20-17(23)8-4-11-1-7-14(19)9-15(11)21(24)25/h1-9,16,22H,10H2,(H,20,23)/b8-4+. The van der Waals surface area contributed by atoms with Crippen LogP contribution in [-0.2, 0) is 4.79 Å². The Balaban J connectivity index is 1.97. The van der Waals surface area contributed by atoms with Crippen LogP contribution in [0, 0.1) is 21.7 Å². The molecule has 1 unspecified atom stereocenters. The molecule has 2 rings (SSSR count). The Kier molecular flexibility index (Phi) is 5.91. The lowest BCUT2D eigenvalue weighted by Crippen LogP contribution is -2.26. The third-order valence-electron chi connectivity index (χ3n) is 3.33. The smallest absolute Gasteiger partial charge is 0.279 e. The second-order valence-corrected chi connectivity index (χ2v) is 5.11. The van der Waals surface area contributed by atoms with Gasteiger partial charge in [0, 0.05) is 12.6 Å². The second kappa shape index (κ2) is 8.11. The van der Waals surface area contributed by atoms with Gasteiger partial charge in [0.2, 0.25) is 5.91 Å². The Morgan fingerprint density at radius 2 is 1.84 bits per heavy atom. The molecule has 130 valence electrons. The van der Waals surface area contributed by atoms with Gasteiger partial charge < -0.3 is 10.4 Å². The molecular formula is C17H14F2N2O4. The van der Waals surface area contributed by atoms with Gasteiger partial charge in [-0.3, -0.25) is 14.9 Å². The van der Waals surface area contributed by atoms with Gasteiger partial charge in [-0.1, -0.05) is 12.1 Å². The van der Waals surface area contributed by atoms with Gasteiger partial charge in [-0.05, 0) is 35.9 Å². The number of carbonyl (C=O) groups is 1. The van der Waals surface area contributed by atoms with Crippen LogP contribution in [0.3, 0.4) is 0 Å². The molecule has 0 aliphatic rings. The summed E-state index contributed by atoms with van der Waals surface area (Å²) in [4.78, 5) is 21.8. The molecule has 2 aromatic carbocycles. The summed E-state index contributed by atoms with van der Waals surface area (Å²) in [5, 5.41) is 23.2. The van der Waals surface area contributed by atoms with Crippen LogP contribution in [0.1, 0.15) is 17.2 Å². The van der Waals surface area contributed by atoms with Gasteiger partial charge in [0.25, 0.3) is 5.69 Å². The maximum atomic E-state index is 13.0. The first-order chi connectivity index (χ1) is 11.9. The van der Waals surface area contributed by atoms with E-state index in [-0.39, 0.29) is 12.1 Å². The second-order valence-electron chi connectivity index (χ2n) is 5.11. The number of benzene rings is 2. The van der Waals surface area contributed by atoms with Gasteiger partial charge in [-0.2, -0.15) is 0 Å². The summed E-state index contributed by atoms with van der Waals surface area (Å²) < 4.78 is 25.9. The normalized spacial score (nSPS) is 12.1. The molecule has 1 atom stereocenters. The Bertz CT molecular complexity index is 807. The largest absolute Gasteiger partial charge is 0.387 e. The molecule has 25 heavy (non-hydrogen) atoms. The van der Waals surface area contributed by atoms with Crippen molar-refractivity contribution in [1.29, 1.82) is 0 Å². The minimum absolute atomic E-state index is 0.0700. The molecule has 0 heterocycles. The minimum Gasteiger partial charge on any atom is -0.387 e. The van der Waals surface area contributed by atoms with Crippen LogP contribution in [0.5, 0.6) is 0 Å². The molecule has 0 aliphatic carbocycles. The first-order valence-corrected chi connectivity index (χ1v) is 7.20. The van der Waals surface area contributed by atoms with E-state index in [9.17, 15) is 28.8 Å². The molecule has 0 saturated carbocycles. The van der Waals surface area contributed by atoms with Crippen molar-refractivity contribution in [1.82, 2.24) is 5.32 Å². The third kappa shape index (κ3) is 5.18. The number of aliphatic hydroxyl groups is 1. The van der Waals surface area contributed by atoms with E-state index < -0.39 is 34.3 Å². The fourth-order valence-corrected chi connectivity index (χ4v) is 2.04. The fraction of sp³-hybridized carbons (Fsp3) is 0.118. The van der Waals surface area contributed by atoms with Gasteiger partial charge in [-0.15, -0.1) is 0 Å². The predicted octanol–water partition coefficient (Wildman–Crippen LogP) is 2.74. The Morgan fingerprint density at radius 3 is 2.48 bits per heavy atom. The number of halogens is 2. The summed E-state index contributed by atoms with van der Waals surface area (Å²) in [5.41, 5.74) is 0.0379. The van der Waals surface area contributed by atoms with Crippen molar-refractivity contribution in [3.8, 4) is 0 Å². The quantitative estimate of drug-likeness (QED) is 0.477. The van der Waals surface area contributed by atoms with Crippen LogP contribution in [-0.4, -0.2) is 22.5 Å². The number of hydrogen-bond acceptors (Lipinski definition) is 4. The summed E-state index contributed by atoms with van der Waals surface area (Å²) >= 11 is 0. The van der Waals surface area contributed by atoms with Crippen LogP contribution in [0.15, 0.2) is 48.5 Å². The highest BCUT2D eigenvalue weighted by Gasteiger charge is 2.13. The van der Waals surface area contributed by atoms with E-state index in [0.717, 1.165) is 18.2 Å². The summed E-state index contributed by atoms with van der Waals surface area (Å²) in [6.45, 7) is -0.125. The molecule has 0 spiro atoms. The average molecular weight is 348 g/mol. The number of aliphatic hydroxyl groups excluding tert-OH is 1. The molecule has 0 bridgehead atoms. The van der Waals surface area contributed by atoms with Gasteiger partial charge >= 0.3 is 0 Å². The van der Waals surface area contributed by atoms with Crippen molar-refractivity contribution < 1.29 is 23.6 Å². The lowest BCUT2D eigenvalue weighted by atomic mass is 10.1. The first-order valence-electron chi connectivity index (χ1n) is 7.20. The zero-order chi connectivity index (χ0) is 18.4. The molecule has 0 radical (unpaired) electrons. The van der Waals surface area contributed by atoms with Crippen LogP contribution >= 0.6 is 0 Å². The number of rotatable bonds is 6. The first kappa shape index (κ1) is 18.2. The monoisotopic (exact) mass is 348 g/mol. The molecule has 0 aromatic heterocycles. The third-order valence-corrected chi connectivity index (χ3v) is 3.33. The van der Waals surface area contributed by atoms with E-state index in [4.69, 9.17) is 0 Å². The van der Waals surface area contributed by atoms with Crippen molar-refractivity contribution in [2.75, 3.05) is 6.54 Å². The number of nitrogens with one attached hydrogen (secondary N) is 1.